The second kappa shape index (κ2) is 6.39. The van der Waals surface area contributed by atoms with E-state index < -0.39 is 0 Å². The molecule has 2 aromatic rings. The van der Waals surface area contributed by atoms with Gasteiger partial charge in [0.15, 0.2) is 5.13 Å². The lowest BCUT2D eigenvalue weighted by Gasteiger charge is -2.14. The van der Waals surface area contributed by atoms with Gasteiger partial charge in [0.1, 0.15) is 4.88 Å². The van der Waals surface area contributed by atoms with Gasteiger partial charge in [-0.2, -0.15) is 0 Å². The number of rotatable bonds is 2. The minimum atomic E-state index is -0.180. The first-order chi connectivity index (χ1) is 9.91. The van der Waals surface area contributed by atoms with Gasteiger partial charge >= 0.3 is 0 Å². The summed E-state index contributed by atoms with van der Waals surface area (Å²) in [6.45, 7) is 6.55. The maximum Gasteiger partial charge on any atom is 0.268 e. The van der Waals surface area contributed by atoms with E-state index in [0.717, 1.165) is 5.69 Å². The Morgan fingerprint density at radius 1 is 1.43 bits per heavy atom. The third kappa shape index (κ3) is 3.91. The Kier molecular flexibility index (Phi) is 4.78. The first-order valence-electron chi connectivity index (χ1n) is 6.45. The average Bonchev–Trinajstić information content (AvgIpc) is 3.03. The van der Waals surface area contributed by atoms with Crippen LogP contribution < -0.4 is 11.1 Å². The van der Waals surface area contributed by atoms with Crippen molar-refractivity contribution in [1.29, 1.82) is 0 Å². The van der Waals surface area contributed by atoms with Crippen LogP contribution in [0, 0.1) is 11.8 Å². The quantitative estimate of drug-likeness (QED) is 0.836. The predicted octanol–water partition coefficient (Wildman–Crippen LogP) is 3.06. The maximum absolute atomic E-state index is 12.3. The van der Waals surface area contributed by atoms with E-state index >= 15 is 0 Å². The third-order valence-electron chi connectivity index (χ3n) is 2.69. The molecule has 0 fully saturated rings. The molecule has 0 radical (unpaired) electrons. The minimum absolute atomic E-state index is 0.0276. The Labute approximate surface area is 132 Å². The molecule has 2 rings (SSSR count). The number of amides is 1. The van der Waals surface area contributed by atoms with Gasteiger partial charge in [0, 0.05) is 16.4 Å². The molecule has 0 saturated heterocycles. The van der Waals surface area contributed by atoms with Gasteiger partial charge in [0.25, 0.3) is 5.91 Å². The van der Waals surface area contributed by atoms with E-state index in [1.54, 1.807) is 0 Å². The molecule has 2 heterocycles. The van der Waals surface area contributed by atoms with E-state index in [1.165, 1.54) is 22.7 Å². The molecule has 110 valence electrons. The van der Waals surface area contributed by atoms with E-state index in [1.807, 2.05) is 16.8 Å². The summed E-state index contributed by atoms with van der Waals surface area (Å²) in [5.74, 6) is 5.49. The van der Waals surface area contributed by atoms with Gasteiger partial charge in [0.2, 0.25) is 0 Å². The van der Waals surface area contributed by atoms with Crippen molar-refractivity contribution in [1.82, 2.24) is 4.98 Å². The Morgan fingerprint density at radius 3 is 2.81 bits per heavy atom. The van der Waals surface area contributed by atoms with Crippen LogP contribution in [0.2, 0.25) is 0 Å². The lowest BCUT2D eigenvalue weighted by atomic mass is 9.93. The highest BCUT2D eigenvalue weighted by Crippen LogP contribution is 2.27. The number of anilines is 1. The summed E-state index contributed by atoms with van der Waals surface area (Å²) in [5.41, 5.74) is 7.01. The van der Waals surface area contributed by atoms with Crippen LogP contribution in [0.3, 0.4) is 0 Å². The molecule has 0 bridgehead atoms. The van der Waals surface area contributed by atoms with Crippen LogP contribution in [0.4, 0.5) is 5.13 Å². The summed E-state index contributed by atoms with van der Waals surface area (Å²) in [4.78, 5) is 17.3. The molecule has 0 aliphatic rings. The molecular formula is C15H17N3OS2. The molecule has 3 N–H and O–H groups in total. The number of nitrogens with one attached hydrogen (secondary N) is 1. The molecule has 0 aromatic carbocycles. The molecule has 0 unspecified atom stereocenters. The SMILES string of the molecule is CC(C)(C)c1csc(NC(=O)c2sccc2C#CCN)n1. The van der Waals surface area contributed by atoms with Crippen LogP contribution in [-0.4, -0.2) is 17.4 Å². The van der Waals surface area contributed by atoms with Gasteiger partial charge in [-0.1, -0.05) is 32.6 Å². The highest BCUT2D eigenvalue weighted by Gasteiger charge is 2.19. The zero-order valence-corrected chi connectivity index (χ0v) is 13.8. The Balaban J connectivity index is 2.15. The first-order valence-corrected chi connectivity index (χ1v) is 8.21. The van der Waals surface area contributed by atoms with Gasteiger partial charge in [-0.3, -0.25) is 10.1 Å². The Morgan fingerprint density at radius 2 is 2.19 bits per heavy atom. The fourth-order valence-corrected chi connectivity index (χ4v) is 3.24. The molecule has 0 spiro atoms. The van der Waals surface area contributed by atoms with Gasteiger partial charge < -0.3 is 5.73 Å². The van der Waals surface area contributed by atoms with Crippen molar-refractivity contribution in [3.63, 3.8) is 0 Å². The number of carbonyl (C=O) groups excluding carboxylic acids is 1. The topological polar surface area (TPSA) is 68.0 Å². The molecule has 21 heavy (non-hydrogen) atoms. The molecule has 0 atom stereocenters. The molecule has 1 amide bonds. The van der Waals surface area contributed by atoms with Gasteiger partial charge in [-0.15, -0.1) is 22.7 Å². The molecule has 6 heteroatoms. The number of hydrogen-bond acceptors (Lipinski definition) is 5. The smallest absolute Gasteiger partial charge is 0.268 e. The normalized spacial score (nSPS) is 10.9. The number of hydrogen-bond donors (Lipinski definition) is 2. The van der Waals surface area contributed by atoms with Gasteiger partial charge in [0.05, 0.1) is 12.2 Å². The van der Waals surface area contributed by atoms with Crippen LogP contribution in [0.5, 0.6) is 0 Å². The fraction of sp³-hybridized carbons (Fsp3) is 0.333. The zero-order chi connectivity index (χ0) is 15.5. The summed E-state index contributed by atoms with van der Waals surface area (Å²) in [6.07, 6.45) is 0. The van der Waals surface area contributed by atoms with Crippen molar-refractivity contribution < 1.29 is 4.79 Å². The van der Waals surface area contributed by atoms with E-state index in [2.05, 4.69) is 42.9 Å². The van der Waals surface area contributed by atoms with E-state index in [-0.39, 0.29) is 17.9 Å². The number of thiazole rings is 1. The van der Waals surface area contributed by atoms with Crippen LogP contribution in [0.25, 0.3) is 0 Å². The van der Waals surface area contributed by atoms with Crippen molar-refractivity contribution in [3.05, 3.63) is 33.0 Å². The second-order valence-electron chi connectivity index (χ2n) is 5.41. The summed E-state index contributed by atoms with van der Waals surface area (Å²) in [5, 5.41) is 7.26. The monoisotopic (exact) mass is 319 g/mol. The summed E-state index contributed by atoms with van der Waals surface area (Å²) < 4.78 is 0. The lowest BCUT2D eigenvalue weighted by molar-refractivity contribution is 0.103. The van der Waals surface area contributed by atoms with Crippen molar-refractivity contribution in [2.45, 2.75) is 26.2 Å². The van der Waals surface area contributed by atoms with Crippen molar-refractivity contribution in [2.24, 2.45) is 5.73 Å². The summed E-state index contributed by atoms with van der Waals surface area (Å²) in [7, 11) is 0. The molecule has 0 saturated carbocycles. The first kappa shape index (κ1) is 15.7. The van der Waals surface area contributed by atoms with Crippen LogP contribution in [0.15, 0.2) is 16.8 Å². The van der Waals surface area contributed by atoms with Crippen molar-refractivity contribution in [2.75, 3.05) is 11.9 Å². The van der Waals surface area contributed by atoms with Crippen LogP contribution >= 0.6 is 22.7 Å². The second-order valence-corrected chi connectivity index (χ2v) is 7.19. The van der Waals surface area contributed by atoms with Gasteiger partial charge in [-0.05, 0) is 11.4 Å². The Bertz CT molecular complexity index is 698. The van der Waals surface area contributed by atoms with E-state index in [9.17, 15) is 4.79 Å². The van der Waals surface area contributed by atoms with Crippen LogP contribution in [0.1, 0.15) is 41.7 Å². The average molecular weight is 319 g/mol. The molecule has 4 nitrogen and oxygen atoms in total. The Hall–Kier alpha value is -1.68. The number of carbonyl (C=O) groups is 1. The molecule has 2 aromatic heterocycles. The number of thiophene rings is 1. The van der Waals surface area contributed by atoms with Crippen LogP contribution in [-0.2, 0) is 5.41 Å². The number of nitrogens with zero attached hydrogens (tertiary/aromatic N) is 1. The lowest BCUT2D eigenvalue weighted by Crippen LogP contribution is -2.14. The third-order valence-corrected chi connectivity index (χ3v) is 4.36. The highest BCUT2D eigenvalue weighted by molar-refractivity contribution is 7.14. The van der Waals surface area contributed by atoms with Crippen molar-refractivity contribution in [3.8, 4) is 11.8 Å². The largest absolute Gasteiger partial charge is 0.320 e. The fourth-order valence-electron chi connectivity index (χ4n) is 1.56. The van der Waals surface area contributed by atoms with Gasteiger partial charge in [-0.25, -0.2) is 4.98 Å². The number of nitrogens with two attached hydrogens (primary N) is 1. The zero-order valence-electron chi connectivity index (χ0n) is 12.2. The summed E-state index contributed by atoms with van der Waals surface area (Å²) in [6, 6.07) is 1.82. The van der Waals surface area contributed by atoms with Crippen molar-refractivity contribution >= 4 is 33.7 Å². The maximum atomic E-state index is 12.3. The highest BCUT2D eigenvalue weighted by atomic mass is 32.1. The standard InChI is InChI=1S/C15H17N3OS2/c1-15(2,3)11-9-21-14(17-11)18-13(19)12-10(5-4-7-16)6-8-20-12/h6,8-9H,7,16H2,1-3H3,(H,17,18,19). The summed E-state index contributed by atoms with van der Waals surface area (Å²) >= 11 is 2.79. The van der Waals surface area contributed by atoms with E-state index in [0.29, 0.717) is 15.6 Å². The minimum Gasteiger partial charge on any atom is -0.320 e. The predicted molar refractivity (Wildman–Crippen MR) is 89.0 cm³/mol. The molecule has 0 aliphatic heterocycles. The number of aromatic nitrogens is 1. The molecule has 0 aliphatic carbocycles. The molecular weight excluding hydrogens is 302 g/mol. The van der Waals surface area contributed by atoms with E-state index in [4.69, 9.17) is 5.73 Å².